The molecule has 3 nitrogen and oxygen atoms in total. The van der Waals surface area contributed by atoms with E-state index in [2.05, 4.69) is 11.9 Å². The lowest BCUT2D eigenvalue weighted by Crippen LogP contribution is -2.24. The number of amides is 1. The first-order chi connectivity index (χ1) is 8.63. The number of fused-ring (bicyclic) bond motifs is 1. The molecule has 0 saturated carbocycles. The summed E-state index contributed by atoms with van der Waals surface area (Å²) in [4.78, 5) is 11.9. The van der Waals surface area contributed by atoms with E-state index in [4.69, 9.17) is 4.42 Å². The molecule has 0 unspecified atom stereocenters. The third-order valence-corrected chi connectivity index (χ3v) is 2.74. The highest BCUT2D eigenvalue weighted by Crippen LogP contribution is 2.25. The van der Waals surface area contributed by atoms with Gasteiger partial charge in [-0.05, 0) is 31.5 Å². The third-order valence-electron chi connectivity index (χ3n) is 2.74. The number of furan rings is 1. The maximum atomic E-state index is 13.1. The second-order valence-corrected chi connectivity index (χ2v) is 4.03. The standard InChI is InChI=1S/C14H14FNO2/c1-3-4-7-16-14(17)13-9(2)11-8-10(15)5-6-12(11)18-13/h3,5-6,8H,1,4,7H2,2H3,(H,16,17). The van der Waals surface area contributed by atoms with Crippen LogP contribution in [0, 0.1) is 12.7 Å². The highest BCUT2D eigenvalue weighted by Gasteiger charge is 2.17. The Morgan fingerprint density at radius 3 is 3.06 bits per heavy atom. The van der Waals surface area contributed by atoms with Crippen molar-refractivity contribution in [3.8, 4) is 0 Å². The topological polar surface area (TPSA) is 42.2 Å². The molecule has 1 heterocycles. The Morgan fingerprint density at radius 2 is 2.33 bits per heavy atom. The van der Waals surface area contributed by atoms with Gasteiger partial charge in [0.05, 0.1) is 0 Å². The Balaban J connectivity index is 2.31. The first-order valence-electron chi connectivity index (χ1n) is 5.71. The second kappa shape index (κ2) is 5.04. The molecule has 1 aromatic heterocycles. The molecule has 0 aliphatic heterocycles. The van der Waals surface area contributed by atoms with Crippen LogP contribution in [0.3, 0.4) is 0 Å². The number of halogens is 1. The number of carbonyl (C=O) groups is 1. The van der Waals surface area contributed by atoms with Gasteiger partial charge < -0.3 is 9.73 Å². The predicted molar refractivity (Wildman–Crippen MR) is 68.1 cm³/mol. The van der Waals surface area contributed by atoms with Crippen LogP contribution in [0.1, 0.15) is 22.5 Å². The highest BCUT2D eigenvalue weighted by atomic mass is 19.1. The number of rotatable bonds is 4. The summed E-state index contributed by atoms with van der Waals surface area (Å²) in [6.07, 6.45) is 2.42. The van der Waals surface area contributed by atoms with Crippen molar-refractivity contribution in [3.05, 3.63) is 48.0 Å². The van der Waals surface area contributed by atoms with Crippen LogP contribution in [-0.2, 0) is 0 Å². The molecule has 2 rings (SSSR count). The number of nitrogens with one attached hydrogen (secondary N) is 1. The molecule has 2 aromatic rings. The summed E-state index contributed by atoms with van der Waals surface area (Å²) in [5.74, 6) is -0.393. The van der Waals surface area contributed by atoms with Crippen molar-refractivity contribution in [3.63, 3.8) is 0 Å². The van der Waals surface area contributed by atoms with Gasteiger partial charge in [-0.25, -0.2) is 4.39 Å². The highest BCUT2D eigenvalue weighted by molar-refractivity contribution is 5.98. The molecule has 0 fully saturated rings. The van der Waals surface area contributed by atoms with Crippen molar-refractivity contribution in [1.29, 1.82) is 0 Å². The van der Waals surface area contributed by atoms with E-state index in [0.29, 0.717) is 29.5 Å². The Morgan fingerprint density at radius 1 is 1.56 bits per heavy atom. The number of aryl methyl sites for hydroxylation is 1. The molecule has 0 aliphatic rings. The van der Waals surface area contributed by atoms with Gasteiger partial charge in [-0.3, -0.25) is 4.79 Å². The molecule has 1 N–H and O–H groups in total. The molecule has 0 aliphatic carbocycles. The van der Waals surface area contributed by atoms with Gasteiger partial charge in [-0.2, -0.15) is 0 Å². The lowest BCUT2D eigenvalue weighted by molar-refractivity contribution is 0.0928. The van der Waals surface area contributed by atoms with Crippen LogP contribution >= 0.6 is 0 Å². The van der Waals surface area contributed by atoms with Crippen molar-refractivity contribution >= 4 is 16.9 Å². The van der Waals surface area contributed by atoms with Gasteiger partial charge in [-0.15, -0.1) is 6.58 Å². The van der Waals surface area contributed by atoms with Crippen LogP contribution in [0.15, 0.2) is 35.3 Å². The summed E-state index contributed by atoms with van der Waals surface area (Å²) in [5.41, 5.74) is 1.17. The fourth-order valence-electron chi connectivity index (χ4n) is 1.78. The van der Waals surface area contributed by atoms with Gasteiger partial charge in [0.2, 0.25) is 0 Å². The van der Waals surface area contributed by atoms with Gasteiger partial charge in [0.25, 0.3) is 5.91 Å². The molecule has 1 amide bonds. The van der Waals surface area contributed by atoms with Crippen LogP contribution in [0.25, 0.3) is 11.0 Å². The first-order valence-corrected chi connectivity index (χ1v) is 5.71. The van der Waals surface area contributed by atoms with Gasteiger partial charge in [0, 0.05) is 17.5 Å². The quantitative estimate of drug-likeness (QED) is 0.666. The Bertz CT molecular complexity index is 601. The Kier molecular flexibility index (Phi) is 3.46. The first kappa shape index (κ1) is 12.4. The fourth-order valence-corrected chi connectivity index (χ4v) is 1.78. The maximum Gasteiger partial charge on any atom is 0.287 e. The van der Waals surface area contributed by atoms with Gasteiger partial charge >= 0.3 is 0 Å². The van der Waals surface area contributed by atoms with E-state index in [9.17, 15) is 9.18 Å². The normalized spacial score (nSPS) is 10.6. The van der Waals surface area contributed by atoms with Crippen molar-refractivity contribution in [2.24, 2.45) is 0 Å². The second-order valence-electron chi connectivity index (χ2n) is 4.03. The molecule has 0 saturated heterocycles. The van der Waals surface area contributed by atoms with Crippen molar-refractivity contribution in [2.75, 3.05) is 6.54 Å². The Labute approximate surface area is 104 Å². The largest absolute Gasteiger partial charge is 0.451 e. The van der Waals surface area contributed by atoms with Crippen LogP contribution in [0.4, 0.5) is 4.39 Å². The van der Waals surface area contributed by atoms with Crippen LogP contribution in [-0.4, -0.2) is 12.5 Å². The summed E-state index contributed by atoms with van der Waals surface area (Å²) in [5, 5.41) is 3.35. The van der Waals surface area contributed by atoms with Gasteiger partial charge in [0.15, 0.2) is 5.76 Å². The number of hydrogen-bond donors (Lipinski definition) is 1. The van der Waals surface area contributed by atoms with Crippen LogP contribution in [0.2, 0.25) is 0 Å². The SMILES string of the molecule is C=CCCNC(=O)c1oc2ccc(F)cc2c1C. The van der Waals surface area contributed by atoms with Gasteiger partial charge in [0.1, 0.15) is 11.4 Å². The minimum Gasteiger partial charge on any atom is -0.451 e. The minimum absolute atomic E-state index is 0.236. The van der Waals surface area contributed by atoms with E-state index in [0.717, 1.165) is 0 Å². The molecule has 0 atom stereocenters. The maximum absolute atomic E-state index is 13.1. The van der Waals surface area contributed by atoms with E-state index < -0.39 is 0 Å². The molecule has 94 valence electrons. The molecule has 0 spiro atoms. The summed E-state index contributed by atoms with van der Waals surface area (Å²) >= 11 is 0. The minimum atomic E-state index is -0.343. The molecule has 1 aromatic carbocycles. The zero-order valence-corrected chi connectivity index (χ0v) is 10.1. The summed E-state index contributed by atoms with van der Waals surface area (Å²) in [6, 6.07) is 4.21. The van der Waals surface area contributed by atoms with E-state index in [1.54, 1.807) is 13.0 Å². The number of hydrogen-bond acceptors (Lipinski definition) is 2. The van der Waals surface area contributed by atoms with Crippen LogP contribution in [0.5, 0.6) is 0 Å². The molecule has 0 bridgehead atoms. The van der Waals surface area contributed by atoms with E-state index in [1.807, 2.05) is 0 Å². The number of benzene rings is 1. The fraction of sp³-hybridized carbons (Fsp3) is 0.214. The van der Waals surface area contributed by atoms with Crippen LogP contribution < -0.4 is 5.32 Å². The zero-order chi connectivity index (χ0) is 13.1. The number of carbonyl (C=O) groups excluding carboxylic acids is 1. The average Bonchev–Trinajstić information content (AvgIpc) is 2.67. The van der Waals surface area contributed by atoms with Gasteiger partial charge in [-0.1, -0.05) is 6.08 Å². The molecular formula is C14H14FNO2. The van der Waals surface area contributed by atoms with E-state index >= 15 is 0 Å². The molecule has 0 radical (unpaired) electrons. The lowest BCUT2D eigenvalue weighted by Gasteiger charge is -2.00. The summed E-state index contributed by atoms with van der Waals surface area (Å²) < 4.78 is 18.6. The zero-order valence-electron chi connectivity index (χ0n) is 10.1. The van der Waals surface area contributed by atoms with E-state index in [1.165, 1.54) is 18.2 Å². The molecular weight excluding hydrogens is 233 g/mol. The molecule has 18 heavy (non-hydrogen) atoms. The van der Waals surface area contributed by atoms with Crippen molar-refractivity contribution in [2.45, 2.75) is 13.3 Å². The smallest absolute Gasteiger partial charge is 0.287 e. The molecule has 4 heteroatoms. The predicted octanol–water partition coefficient (Wildman–Crippen LogP) is 3.19. The summed E-state index contributed by atoms with van der Waals surface area (Å²) in [6.45, 7) is 5.83. The average molecular weight is 247 g/mol. The van der Waals surface area contributed by atoms with E-state index in [-0.39, 0.29) is 17.5 Å². The van der Waals surface area contributed by atoms with Crippen molar-refractivity contribution < 1.29 is 13.6 Å². The Hall–Kier alpha value is -2.10. The monoisotopic (exact) mass is 247 g/mol. The van der Waals surface area contributed by atoms with Crippen molar-refractivity contribution in [1.82, 2.24) is 5.32 Å². The lowest BCUT2D eigenvalue weighted by atomic mass is 10.1. The summed E-state index contributed by atoms with van der Waals surface area (Å²) in [7, 11) is 0. The third kappa shape index (κ3) is 2.27.